The number of rotatable bonds is 5. The number of nitrogens with zero attached hydrogens (tertiary/aromatic N) is 1. The maximum absolute atomic E-state index is 11.7. The molecule has 0 heterocycles. The molecule has 0 aromatic heterocycles. The number of benzene rings is 2. The lowest BCUT2D eigenvalue weighted by Gasteiger charge is -2.09. The van der Waals surface area contributed by atoms with Gasteiger partial charge in [-0.25, -0.2) is 0 Å². The molecule has 2 aromatic carbocycles. The number of carbonyl (C=O) groups excluding carboxylic acids is 1. The highest BCUT2D eigenvalue weighted by Crippen LogP contribution is 2.21. The van der Waals surface area contributed by atoms with Crippen molar-refractivity contribution < 1.29 is 9.53 Å². The van der Waals surface area contributed by atoms with Crippen molar-refractivity contribution in [3.63, 3.8) is 0 Å². The fourth-order valence-electron chi connectivity index (χ4n) is 1.74. The van der Waals surface area contributed by atoms with E-state index >= 15 is 0 Å². The Morgan fingerprint density at radius 3 is 2.67 bits per heavy atom. The number of hydrogen-bond acceptors (Lipinski definition) is 4. The largest absolute Gasteiger partial charge is 0.482 e. The van der Waals surface area contributed by atoms with E-state index in [1.54, 1.807) is 12.1 Å². The lowest BCUT2D eigenvalue weighted by molar-refractivity contribution is -0.123. The lowest BCUT2D eigenvalue weighted by Crippen LogP contribution is -2.28. The van der Waals surface area contributed by atoms with Crippen LogP contribution in [0.5, 0.6) is 5.75 Å². The zero-order valence-electron chi connectivity index (χ0n) is 11.4. The van der Waals surface area contributed by atoms with E-state index in [9.17, 15) is 4.79 Å². The van der Waals surface area contributed by atoms with Crippen LogP contribution in [0, 0.1) is 11.3 Å². The van der Waals surface area contributed by atoms with Gasteiger partial charge in [0, 0.05) is 6.54 Å². The minimum Gasteiger partial charge on any atom is -0.482 e. The smallest absolute Gasteiger partial charge is 0.258 e. The predicted octanol–water partition coefficient (Wildman–Crippen LogP) is 1.84. The van der Waals surface area contributed by atoms with Crippen molar-refractivity contribution in [2.45, 2.75) is 6.54 Å². The van der Waals surface area contributed by atoms with Gasteiger partial charge in [0.2, 0.25) is 0 Å². The Bertz CT molecular complexity index is 663. The standard InChI is InChI=1S/C16H15N3O2/c17-9-13-6-7-15(14(18)8-13)21-11-16(20)19-10-12-4-2-1-3-5-12/h1-8H,10-11,18H2,(H,19,20). The second-order valence-corrected chi connectivity index (χ2v) is 4.42. The number of carbonyl (C=O) groups is 1. The first-order chi connectivity index (χ1) is 10.2. The summed E-state index contributed by atoms with van der Waals surface area (Å²) in [5.74, 6) is 0.159. The summed E-state index contributed by atoms with van der Waals surface area (Å²) >= 11 is 0. The summed E-state index contributed by atoms with van der Waals surface area (Å²) in [6, 6.07) is 16.3. The summed E-state index contributed by atoms with van der Waals surface area (Å²) in [5, 5.41) is 11.5. The average molecular weight is 281 g/mol. The highest BCUT2D eigenvalue weighted by atomic mass is 16.5. The van der Waals surface area contributed by atoms with E-state index in [0.717, 1.165) is 5.56 Å². The summed E-state index contributed by atoms with van der Waals surface area (Å²) in [6.45, 7) is 0.328. The highest BCUT2D eigenvalue weighted by molar-refractivity contribution is 5.77. The van der Waals surface area contributed by atoms with Crippen LogP contribution in [0.3, 0.4) is 0 Å². The molecule has 0 atom stereocenters. The number of amides is 1. The molecule has 0 aliphatic carbocycles. The van der Waals surface area contributed by atoms with Crippen molar-refractivity contribution in [2.24, 2.45) is 0 Å². The molecular formula is C16H15N3O2. The van der Waals surface area contributed by atoms with E-state index in [4.69, 9.17) is 15.7 Å². The average Bonchev–Trinajstić information content (AvgIpc) is 2.52. The Hall–Kier alpha value is -3.00. The predicted molar refractivity (Wildman–Crippen MR) is 79.4 cm³/mol. The summed E-state index contributed by atoms with van der Waals surface area (Å²) in [7, 11) is 0. The van der Waals surface area contributed by atoms with E-state index in [2.05, 4.69) is 5.32 Å². The molecule has 0 saturated heterocycles. The fraction of sp³-hybridized carbons (Fsp3) is 0.125. The van der Waals surface area contributed by atoms with Crippen molar-refractivity contribution >= 4 is 11.6 Å². The van der Waals surface area contributed by atoms with Gasteiger partial charge in [-0.15, -0.1) is 0 Å². The molecule has 0 aliphatic rings. The van der Waals surface area contributed by atoms with Gasteiger partial charge in [0.25, 0.3) is 5.91 Å². The van der Waals surface area contributed by atoms with Crippen LogP contribution in [0.25, 0.3) is 0 Å². The first-order valence-electron chi connectivity index (χ1n) is 6.42. The molecule has 0 spiro atoms. The summed E-state index contributed by atoms with van der Waals surface area (Å²) in [4.78, 5) is 11.7. The van der Waals surface area contributed by atoms with Crippen LogP contribution in [0.4, 0.5) is 5.69 Å². The van der Waals surface area contributed by atoms with Crippen molar-refractivity contribution in [1.29, 1.82) is 5.26 Å². The van der Waals surface area contributed by atoms with E-state index in [1.807, 2.05) is 36.4 Å². The summed E-state index contributed by atoms with van der Waals surface area (Å²) in [6.07, 6.45) is 0. The molecule has 2 rings (SSSR count). The summed E-state index contributed by atoms with van der Waals surface area (Å²) in [5.41, 5.74) is 7.55. The third kappa shape index (κ3) is 4.25. The van der Waals surface area contributed by atoms with Gasteiger partial charge in [-0.1, -0.05) is 30.3 Å². The molecule has 21 heavy (non-hydrogen) atoms. The van der Waals surface area contributed by atoms with Crippen LogP contribution in [-0.4, -0.2) is 12.5 Å². The number of nitrogens with one attached hydrogen (secondary N) is 1. The molecule has 106 valence electrons. The van der Waals surface area contributed by atoms with Crippen LogP contribution in [0.2, 0.25) is 0 Å². The quantitative estimate of drug-likeness (QED) is 0.818. The lowest BCUT2D eigenvalue weighted by atomic mass is 10.2. The van der Waals surface area contributed by atoms with Crippen LogP contribution in [0.15, 0.2) is 48.5 Å². The van der Waals surface area contributed by atoms with Crippen molar-refractivity contribution in [3.8, 4) is 11.8 Å². The van der Waals surface area contributed by atoms with Crippen molar-refractivity contribution in [3.05, 3.63) is 59.7 Å². The van der Waals surface area contributed by atoms with Crippen LogP contribution < -0.4 is 15.8 Å². The number of nitrogens with two attached hydrogens (primary N) is 1. The van der Waals surface area contributed by atoms with Gasteiger partial charge in [-0.05, 0) is 23.8 Å². The Kier molecular flexibility index (Phi) is 4.78. The molecule has 0 radical (unpaired) electrons. The maximum Gasteiger partial charge on any atom is 0.258 e. The Labute approximate surface area is 123 Å². The van der Waals surface area contributed by atoms with Crippen LogP contribution in [-0.2, 0) is 11.3 Å². The van der Waals surface area contributed by atoms with E-state index < -0.39 is 0 Å². The molecule has 5 heteroatoms. The highest BCUT2D eigenvalue weighted by Gasteiger charge is 2.06. The van der Waals surface area contributed by atoms with Gasteiger partial charge < -0.3 is 15.8 Å². The van der Waals surface area contributed by atoms with Crippen LogP contribution >= 0.6 is 0 Å². The zero-order chi connectivity index (χ0) is 15.1. The van der Waals surface area contributed by atoms with Crippen molar-refractivity contribution in [2.75, 3.05) is 12.3 Å². The molecule has 0 unspecified atom stereocenters. The monoisotopic (exact) mass is 281 g/mol. The fourth-order valence-corrected chi connectivity index (χ4v) is 1.74. The number of hydrogen-bond donors (Lipinski definition) is 2. The molecule has 0 bridgehead atoms. The van der Waals surface area contributed by atoms with Gasteiger partial charge in [0.05, 0.1) is 17.3 Å². The van der Waals surface area contributed by atoms with E-state index in [0.29, 0.717) is 23.5 Å². The van der Waals surface area contributed by atoms with Gasteiger partial charge >= 0.3 is 0 Å². The molecule has 1 amide bonds. The molecule has 0 aliphatic heterocycles. The molecule has 2 aromatic rings. The van der Waals surface area contributed by atoms with Gasteiger partial charge in [-0.3, -0.25) is 4.79 Å². The number of anilines is 1. The zero-order valence-corrected chi connectivity index (χ0v) is 11.4. The minimum absolute atomic E-state index is 0.122. The Morgan fingerprint density at radius 1 is 1.24 bits per heavy atom. The van der Waals surface area contributed by atoms with Gasteiger partial charge in [0.1, 0.15) is 5.75 Å². The second-order valence-electron chi connectivity index (χ2n) is 4.42. The van der Waals surface area contributed by atoms with Gasteiger partial charge in [-0.2, -0.15) is 5.26 Å². The third-order valence-corrected chi connectivity index (χ3v) is 2.83. The maximum atomic E-state index is 11.7. The topological polar surface area (TPSA) is 88.1 Å². The van der Waals surface area contributed by atoms with E-state index in [1.165, 1.54) is 6.07 Å². The van der Waals surface area contributed by atoms with E-state index in [-0.39, 0.29) is 12.5 Å². The first-order valence-corrected chi connectivity index (χ1v) is 6.42. The molecule has 5 nitrogen and oxygen atoms in total. The SMILES string of the molecule is N#Cc1ccc(OCC(=O)NCc2ccccc2)c(N)c1. The Balaban J connectivity index is 1.83. The number of nitrogen functional groups attached to an aromatic ring is 1. The normalized spacial score (nSPS) is 9.67. The molecular weight excluding hydrogens is 266 g/mol. The number of ether oxygens (including phenoxy) is 1. The third-order valence-electron chi connectivity index (χ3n) is 2.83. The molecule has 3 N–H and O–H groups in total. The minimum atomic E-state index is -0.234. The second kappa shape index (κ2) is 6.96. The first kappa shape index (κ1) is 14.4. The number of nitriles is 1. The van der Waals surface area contributed by atoms with Crippen molar-refractivity contribution in [1.82, 2.24) is 5.32 Å². The Morgan fingerprint density at radius 2 is 2.00 bits per heavy atom. The van der Waals surface area contributed by atoms with Gasteiger partial charge in [0.15, 0.2) is 6.61 Å². The molecule has 0 fully saturated rings. The molecule has 0 saturated carbocycles. The van der Waals surface area contributed by atoms with Crippen LogP contribution in [0.1, 0.15) is 11.1 Å². The summed E-state index contributed by atoms with van der Waals surface area (Å²) < 4.78 is 5.34.